The van der Waals surface area contributed by atoms with Crippen LogP contribution in [0.5, 0.6) is 0 Å². The van der Waals surface area contributed by atoms with Crippen molar-refractivity contribution in [3.63, 3.8) is 0 Å². The lowest BCUT2D eigenvalue weighted by Crippen LogP contribution is -2.47. The minimum atomic E-state index is -0.719. The van der Waals surface area contributed by atoms with Crippen molar-refractivity contribution >= 4 is 23.2 Å². The molecule has 3 fully saturated rings. The molecule has 43 heavy (non-hydrogen) atoms. The molecule has 1 saturated heterocycles. The molecule has 11 nitrogen and oxygen atoms in total. The molecular weight excluding hydrogens is 548 g/mol. The van der Waals surface area contributed by atoms with Gasteiger partial charge in [-0.05, 0) is 105 Å². The molecule has 3 aromatic rings. The number of imide groups is 1. The Bertz CT molecular complexity index is 1450. The number of amides is 2. The molecule has 3 aliphatic rings. The van der Waals surface area contributed by atoms with Gasteiger partial charge in [-0.2, -0.15) is 10.2 Å². The number of rotatable bonds is 6. The number of pyridine rings is 1. The number of nitrogens with zero attached hydrogens (tertiary/aromatic N) is 6. The molecule has 1 atom stereocenters. The summed E-state index contributed by atoms with van der Waals surface area (Å²) in [4.78, 5) is 32.0. The molecule has 1 aliphatic heterocycles. The van der Waals surface area contributed by atoms with Gasteiger partial charge in [0.2, 0.25) is 0 Å². The van der Waals surface area contributed by atoms with Crippen LogP contribution in [0.2, 0.25) is 0 Å². The van der Waals surface area contributed by atoms with E-state index < -0.39 is 23.4 Å². The molecule has 1 unspecified atom stereocenters. The number of ether oxygens (including phenoxy) is 3. The highest BCUT2D eigenvalue weighted by Gasteiger charge is 2.39. The summed E-state index contributed by atoms with van der Waals surface area (Å²) in [6.45, 7) is 11.7. The van der Waals surface area contributed by atoms with Gasteiger partial charge in [-0.3, -0.25) is 4.68 Å². The average molecular weight is 593 g/mol. The second kappa shape index (κ2) is 11.2. The lowest BCUT2D eigenvalue weighted by atomic mass is 9.80. The minimum absolute atomic E-state index is 0.0307. The number of hydrogen-bond donors (Lipinski definition) is 0. The van der Waals surface area contributed by atoms with Crippen molar-refractivity contribution in [3.8, 4) is 11.3 Å². The van der Waals surface area contributed by atoms with Crippen LogP contribution in [-0.4, -0.2) is 66.0 Å². The maximum absolute atomic E-state index is 12.9. The Balaban J connectivity index is 1.17. The van der Waals surface area contributed by atoms with Crippen LogP contribution in [0.3, 0.4) is 0 Å². The van der Waals surface area contributed by atoms with Gasteiger partial charge >= 0.3 is 12.2 Å². The Kier molecular flexibility index (Phi) is 7.73. The van der Waals surface area contributed by atoms with E-state index in [2.05, 4.69) is 28.1 Å². The van der Waals surface area contributed by atoms with E-state index in [1.165, 1.54) is 0 Å². The second-order valence-corrected chi connectivity index (χ2v) is 14.3. The SMILES string of the molecule is CC(C)(C)OC(=O)N(CC1CC(n2cc(-c3ccc4c(cnn4C4CCCCO4)n3)c(C3CC3)n2)C1)C(=O)OC(C)(C)C. The first-order chi connectivity index (χ1) is 20.3. The number of carbonyl (C=O) groups is 2. The third kappa shape index (κ3) is 6.71. The lowest BCUT2D eigenvalue weighted by Gasteiger charge is -2.38. The van der Waals surface area contributed by atoms with Crippen LogP contribution in [0, 0.1) is 5.92 Å². The van der Waals surface area contributed by atoms with Gasteiger partial charge in [0.1, 0.15) is 16.7 Å². The first-order valence-corrected chi connectivity index (χ1v) is 15.6. The summed E-state index contributed by atoms with van der Waals surface area (Å²) in [5.74, 6) is 0.585. The molecule has 11 heteroatoms. The standard InChI is InChI=1S/C32H44N6O5/c1-31(2,3)42-29(39)36(30(40)43-32(4,5)6)18-20-15-22(16-20)37-19-23(28(35-37)21-10-11-21)24-12-13-26-25(34-24)17-33-38(26)27-9-7-8-14-41-27/h12-13,17,19-22,27H,7-11,14-16,18H2,1-6H3. The predicted octanol–water partition coefficient (Wildman–Crippen LogP) is 6.99. The van der Waals surface area contributed by atoms with E-state index in [0.717, 1.165) is 84.4 Å². The summed E-state index contributed by atoms with van der Waals surface area (Å²) in [7, 11) is 0. The summed E-state index contributed by atoms with van der Waals surface area (Å²) in [6.07, 6.45) is 9.64. The smallest absolute Gasteiger partial charge is 0.419 e. The zero-order chi connectivity index (χ0) is 30.5. The van der Waals surface area contributed by atoms with E-state index in [1.807, 2.05) is 10.9 Å². The van der Waals surface area contributed by atoms with E-state index >= 15 is 0 Å². The maximum Gasteiger partial charge on any atom is 0.419 e. The molecule has 6 rings (SSSR count). The van der Waals surface area contributed by atoms with Crippen LogP contribution in [0.25, 0.3) is 22.3 Å². The molecule has 0 aromatic carbocycles. The Hall–Kier alpha value is -3.47. The predicted molar refractivity (Wildman–Crippen MR) is 160 cm³/mol. The number of aromatic nitrogens is 5. The van der Waals surface area contributed by atoms with E-state index in [0.29, 0.717) is 5.92 Å². The molecule has 4 heterocycles. The van der Waals surface area contributed by atoms with E-state index in [1.54, 1.807) is 41.5 Å². The molecule has 2 amide bonds. The highest BCUT2D eigenvalue weighted by molar-refractivity contribution is 5.88. The number of hydrogen-bond acceptors (Lipinski definition) is 8. The zero-order valence-corrected chi connectivity index (χ0v) is 26.2. The van der Waals surface area contributed by atoms with E-state index in [9.17, 15) is 9.59 Å². The Morgan fingerprint density at radius 2 is 1.70 bits per heavy atom. The second-order valence-electron chi connectivity index (χ2n) is 14.3. The molecule has 2 saturated carbocycles. The highest BCUT2D eigenvalue weighted by Crippen LogP contribution is 2.46. The first kappa shape index (κ1) is 29.6. The third-order valence-corrected chi connectivity index (χ3v) is 8.14. The van der Waals surface area contributed by atoms with E-state index in [4.69, 9.17) is 24.3 Å². The summed E-state index contributed by atoms with van der Waals surface area (Å²) in [5.41, 5.74) is 3.47. The molecule has 232 valence electrons. The number of carbonyl (C=O) groups excluding carboxylic acids is 2. The highest BCUT2D eigenvalue weighted by atomic mass is 16.6. The van der Waals surface area contributed by atoms with Crippen LogP contribution in [0.1, 0.15) is 110 Å². The molecule has 0 spiro atoms. The normalized spacial score (nSPS) is 22.7. The Labute approximate surface area is 252 Å². The fraction of sp³-hybridized carbons (Fsp3) is 0.656. The topological polar surface area (TPSA) is 114 Å². The van der Waals surface area contributed by atoms with Crippen molar-refractivity contribution in [2.24, 2.45) is 5.92 Å². The van der Waals surface area contributed by atoms with Gasteiger partial charge in [-0.15, -0.1) is 0 Å². The van der Waals surface area contributed by atoms with Crippen molar-refractivity contribution in [3.05, 3.63) is 30.2 Å². The van der Waals surface area contributed by atoms with Gasteiger partial charge in [-0.1, -0.05) is 0 Å². The van der Waals surface area contributed by atoms with Crippen LogP contribution in [-0.2, 0) is 14.2 Å². The third-order valence-electron chi connectivity index (χ3n) is 8.14. The van der Waals surface area contributed by atoms with Crippen molar-refractivity contribution < 1.29 is 23.8 Å². The first-order valence-electron chi connectivity index (χ1n) is 15.6. The van der Waals surface area contributed by atoms with Crippen LogP contribution in [0.15, 0.2) is 24.5 Å². The molecule has 0 N–H and O–H groups in total. The molecule has 3 aromatic heterocycles. The Morgan fingerprint density at radius 3 is 2.30 bits per heavy atom. The fourth-order valence-electron chi connectivity index (χ4n) is 5.86. The summed E-state index contributed by atoms with van der Waals surface area (Å²) in [5, 5.41) is 9.66. The van der Waals surface area contributed by atoms with Crippen molar-refractivity contribution in [2.75, 3.05) is 13.2 Å². The summed E-state index contributed by atoms with van der Waals surface area (Å²) < 4.78 is 21.1. The van der Waals surface area contributed by atoms with Crippen LogP contribution in [0.4, 0.5) is 9.59 Å². The molecule has 2 aliphatic carbocycles. The summed E-state index contributed by atoms with van der Waals surface area (Å²) in [6, 6.07) is 4.35. The van der Waals surface area contributed by atoms with Crippen LogP contribution >= 0.6 is 0 Å². The maximum atomic E-state index is 12.9. The van der Waals surface area contributed by atoms with Crippen molar-refractivity contribution in [1.82, 2.24) is 29.4 Å². The quantitative estimate of drug-likeness (QED) is 0.301. The average Bonchev–Trinajstić information content (AvgIpc) is 3.51. The minimum Gasteiger partial charge on any atom is -0.443 e. The van der Waals surface area contributed by atoms with Gasteiger partial charge in [0.25, 0.3) is 0 Å². The largest absolute Gasteiger partial charge is 0.443 e. The van der Waals surface area contributed by atoms with Crippen molar-refractivity contribution in [1.29, 1.82) is 0 Å². The zero-order valence-electron chi connectivity index (χ0n) is 26.2. The van der Waals surface area contributed by atoms with E-state index in [-0.39, 0.29) is 24.7 Å². The molecule has 0 radical (unpaired) electrons. The molecule has 0 bridgehead atoms. The molecular formula is C32H44N6O5. The van der Waals surface area contributed by atoms with Gasteiger partial charge < -0.3 is 14.2 Å². The van der Waals surface area contributed by atoms with Crippen molar-refractivity contribution in [2.45, 2.75) is 116 Å². The van der Waals surface area contributed by atoms with Gasteiger partial charge in [0, 0.05) is 30.8 Å². The lowest BCUT2D eigenvalue weighted by molar-refractivity contribution is -0.0366. The number of fused-ring (bicyclic) bond motifs is 1. The monoisotopic (exact) mass is 592 g/mol. The van der Waals surface area contributed by atoms with Crippen LogP contribution < -0.4 is 0 Å². The van der Waals surface area contributed by atoms with Gasteiger partial charge in [0.15, 0.2) is 6.23 Å². The summed E-state index contributed by atoms with van der Waals surface area (Å²) >= 11 is 0. The van der Waals surface area contributed by atoms with Gasteiger partial charge in [0.05, 0.1) is 29.1 Å². The van der Waals surface area contributed by atoms with Gasteiger partial charge in [-0.25, -0.2) is 24.2 Å². The fourth-order valence-corrected chi connectivity index (χ4v) is 5.86. The Morgan fingerprint density at radius 1 is 1.00 bits per heavy atom.